The van der Waals surface area contributed by atoms with Gasteiger partial charge in [-0.25, -0.2) is 4.98 Å². The van der Waals surface area contributed by atoms with Gasteiger partial charge in [-0.1, -0.05) is 29.8 Å². The highest BCUT2D eigenvalue weighted by Gasteiger charge is 2.27. The molecule has 0 aliphatic heterocycles. The molecule has 1 aromatic heterocycles. The SMILES string of the molecule is Cc1cccc(-c2sc(C3CC3)nc2C)c1. The van der Waals surface area contributed by atoms with Crippen LogP contribution in [0, 0.1) is 13.8 Å². The largest absolute Gasteiger partial charge is 0.246 e. The second-order valence-electron chi connectivity index (χ2n) is 4.61. The maximum absolute atomic E-state index is 4.70. The second-order valence-corrected chi connectivity index (χ2v) is 5.64. The molecule has 0 radical (unpaired) electrons. The van der Waals surface area contributed by atoms with Crippen LogP contribution in [0.25, 0.3) is 10.4 Å². The Kier molecular flexibility index (Phi) is 2.32. The average molecular weight is 229 g/mol. The van der Waals surface area contributed by atoms with E-state index in [1.807, 2.05) is 11.3 Å². The zero-order chi connectivity index (χ0) is 11.1. The second kappa shape index (κ2) is 3.70. The first kappa shape index (κ1) is 10.0. The van der Waals surface area contributed by atoms with Gasteiger partial charge in [-0.15, -0.1) is 11.3 Å². The zero-order valence-corrected chi connectivity index (χ0v) is 10.5. The fraction of sp³-hybridized carbons (Fsp3) is 0.357. The smallest absolute Gasteiger partial charge is 0.0965 e. The van der Waals surface area contributed by atoms with E-state index in [-0.39, 0.29) is 0 Å². The van der Waals surface area contributed by atoms with Crippen LogP contribution >= 0.6 is 11.3 Å². The Hall–Kier alpha value is -1.15. The maximum atomic E-state index is 4.70. The van der Waals surface area contributed by atoms with E-state index in [1.165, 1.54) is 39.5 Å². The minimum atomic E-state index is 0.766. The van der Waals surface area contributed by atoms with Crippen LogP contribution in [0.5, 0.6) is 0 Å². The van der Waals surface area contributed by atoms with Crippen molar-refractivity contribution in [1.29, 1.82) is 0 Å². The summed E-state index contributed by atoms with van der Waals surface area (Å²) in [6.07, 6.45) is 2.67. The molecular formula is C14H15NS. The minimum Gasteiger partial charge on any atom is -0.246 e. The Bertz CT molecular complexity index is 523. The average Bonchev–Trinajstić information content (AvgIpc) is 3.02. The molecule has 0 bridgehead atoms. The standard InChI is InChI=1S/C14H15NS/c1-9-4-3-5-12(8-9)13-10(2)15-14(16-13)11-6-7-11/h3-5,8,11H,6-7H2,1-2H3. The lowest BCUT2D eigenvalue weighted by Crippen LogP contribution is -1.79. The number of hydrogen-bond donors (Lipinski definition) is 0. The summed E-state index contributed by atoms with van der Waals surface area (Å²) >= 11 is 1.88. The molecule has 3 rings (SSSR count). The third kappa shape index (κ3) is 1.78. The van der Waals surface area contributed by atoms with E-state index in [0.29, 0.717) is 0 Å². The van der Waals surface area contributed by atoms with Gasteiger partial charge < -0.3 is 0 Å². The molecule has 1 aliphatic carbocycles. The Balaban J connectivity index is 2.04. The molecule has 1 fully saturated rings. The Labute approximate surface area is 100 Å². The lowest BCUT2D eigenvalue weighted by atomic mass is 10.1. The van der Waals surface area contributed by atoms with Gasteiger partial charge in [0, 0.05) is 5.92 Å². The molecule has 0 spiro atoms. The molecule has 1 aromatic carbocycles. The summed E-state index contributed by atoms with van der Waals surface area (Å²) in [6.45, 7) is 4.27. The topological polar surface area (TPSA) is 12.9 Å². The highest BCUT2D eigenvalue weighted by Crippen LogP contribution is 2.44. The summed E-state index contributed by atoms with van der Waals surface area (Å²) in [4.78, 5) is 6.05. The quantitative estimate of drug-likeness (QED) is 0.748. The Morgan fingerprint density at radius 2 is 2.06 bits per heavy atom. The van der Waals surface area contributed by atoms with Gasteiger partial charge in [0.1, 0.15) is 0 Å². The van der Waals surface area contributed by atoms with E-state index >= 15 is 0 Å². The van der Waals surface area contributed by atoms with E-state index < -0.39 is 0 Å². The van der Waals surface area contributed by atoms with Crippen LogP contribution in [0.1, 0.15) is 35.0 Å². The lowest BCUT2D eigenvalue weighted by molar-refractivity contribution is 1.06. The first-order valence-corrected chi connectivity index (χ1v) is 6.60. The van der Waals surface area contributed by atoms with Gasteiger partial charge in [-0.2, -0.15) is 0 Å². The molecule has 0 atom stereocenters. The highest BCUT2D eigenvalue weighted by molar-refractivity contribution is 7.15. The van der Waals surface area contributed by atoms with Gasteiger partial charge >= 0.3 is 0 Å². The van der Waals surface area contributed by atoms with Crippen LogP contribution in [0.3, 0.4) is 0 Å². The van der Waals surface area contributed by atoms with Crippen molar-refractivity contribution in [2.45, 2.75) is 32.6 Å². The van der Waals surface area contributed by atoms with Gasteiger partial charge in [-0.05, 0) is 32.3 Å². The molecule has 0 N–H and O–H groups in total. The summed E-state index contributed by atoms with van der Waals surface area (Å²) in [7, 11) is 0. The predicted molar refractivity (Wildman–Crippen MR) is 69.0 cm³/mol. The van der Waals surface area contributed by atoms with Crippen molar-refractivity contribution in [1.82, 2.24) is 4.98 Å². The van der Waals surface area contributed by atoms with Crippen LogP contribution in [0.2, 0.25) is 0 Å². The fourth-order valence-electron chi connectivity index (χ4n) is 1.98. The van der Waals surface area contributed by atoms with Crippen LogP contribution in [-0.4, -0.2) is 4.98 Å². The zero-order valence-electron chi connectivity index (χ0n) is 9.66. The summed E-state index contributed by atoms with van der Waals surface area (Å²) in [5.41, 5.74) is 3.83. The fourth-order valence-corrected chi connectivity index (χ4v) is 3.21. The number of hydrogen-bond acceptors (Lipinski definition) is 2. The summed E-state index contributed by atoms with van der Waals surface area (Å²) in [5.74, 6) is 0.766. The normalized spacial score (nSPS) is 15.4. The molecule has 0 unspecified atom stereocenters. The Morgan fingerprint density at radius 3 is 2.75 bits per heavy atom. The molecular weight excluding hydrogens is 214 g/mol. The van der Waals surface area contributed by atoms with Crippen molar-refractivity contribution < 1.29 is 0 Å². The predicted octanol–water partition coefficient (Wildman–Crippen LogP) is 4.30. The van der Waals surface area contributed by atoms with Crippen LogP contribution in [0.15, 0.2) is 24.3 Å². The van der Waals surface area contributed by atoms with Gasteiger partial charge in [0.15, 0.2) is 0 Å². The first-order valence-electron chi connectivity index (χ1n) is 5.78. The maximum Gasteiger partial charge on any atom is 0.0965 e. The monoisotopic (exact) mass is 229 g/mol. The van der Waals surface area contributed by atoms with Crippen molar-refractivity contribution in [2.75, 3.05) is 0 Å². The van der Waals surface area contributed by atoms with E-state index in [4.69, 9.17) is 4.98 Å². The number of thiazole rings is 1. The number of rotatable bonds is 2. The summed E-state index contributed by atoms with van der Waals surface area (Å²) < 4.78 is 0. The van der Waals surface area contributed by atoms with Crippen LogP contribution < -0.4 is 0 Å². The third-order valence-electron chi connectivity index (χ3n) is 3.02. The molecule has 0 amide bonds. The highest BCUT2D eigenvalue weighted by atomic mass is 32.1. The van der Waals surface area contributed by atoms with Crippen molar-refractivity contribution in [2.24, 2.45) is 0 Å². The molecule has 0 saturated heterocycles. The lowest BCUT2D eigenvalue weighted by Gasteiger charge is -1.99. The van der Waals surface area contributed by atoms with E-state index in [9.17, 15) is 0 Å². The van der Waals surface area contributed by atoms with E-state index in [0.717, 1.165) is 5.92 Å². The molecule has 2 heteroatoms. The van der Waals surface area contributed by atoms with Gasteiger partial charge in [0.05, 0.1) is 15.6 Å². The molecule has 1 aliphatic rings. The number of aryl methyl sites for hydroxylation is 2. The van der Waals surface area contributed by atoms with Crippen molar-refractivity contribution >= 4 is 11.3 Å². The number of aromatic nitrogens is 1. The van der Waals surface area contributed by atoms with Crippen molar-refractivity contribution in [3.63, 3.8) is 0 Å². The molecule has 82 valence electrons. The molecule has 1 saturated carbocycles. The molecule has 1 heterocycles. The van der Waals surface area contributed by atoms with E-state index in [1.54, 1.807) is 0 Å². The number of nitrogens with zero attached hydrogens (tertiary/aromatic N) is 1. The van der Waals surface area contributed by atoms with Crippen molar-refractivity contribution in [3.05, 3.63) is 40.5 Å². The molecule has 1 nitrogen and oxygen atoms in total. The Morgan fingerprint density at radius 1 is 1.25 bits per heavy atom. The van der Waals surface area contributed by atoms with Crippen molar-refractivity contribution in [3.8, 4) is 10.4 Å². The van der Waals surface area contributed by atoms with E-state index in [2.05, 4.69) is 38.1 Å². The first-order chi connectivity index (χ1) is 7.74. The summed E-state index contributed by atoms with van der Waals surface area (Å²) in [5, 5.41) is 1.34. The third-order valence-corrected chi connectivity index (χ3v) is 4.39. The van der Waals surface area contributed by atoms with Gasteiger partial charge in [0.2, 0.25) is 0 Å². The molecule has 2 aromatic rings. The minimum absolute atomic E-state index is 0.766. The van der Waals surface area contributed by atoms with Crippen LogP contribution in [-0.2, 0) is 0 Å². The van der Waals surface area contributed by atoms with Gasteiger partial charge in [0.25, 0.3) is 0 Å². The molecule has 16 heavy (non-hydrogen) atoms. The number of benzene rings is 1. The van der Waals surface area contributed by atoms with Crippen LogP contribution in [0.4, 0.5) is 0 Å². The van der Waals surface area contributed by atoms with Gasteiger partial charge in [-0.3, -0.25) is 0 Å². The summed E-state index contributed by atoms with van der Waals surface area (Å²) in [6, 6.07) is 8.70.